The fourth-order valence-corrected chi connectivity index (χ4v) is 2.89. The average Bonchev–Trinajstić information content (AvgIpc) is 2.94. The van der Waals surface area contributed by atoms with E-state index >= 15 is 0 Å². The number of aliphatic hydroxyl groups excluding tert-OH is 1. The van der Waals surface area contributed by atoms with Gasteiger partial charge in [-0.25, -0.2) is 0 Å². The first kappa shape index (κ1) is 17.7. The zero-order chi connectivity index (χ0) is 16.9. The number of nitrogens with zero attached hydrogens (tertiary/aromatic N) is 2. The Hall–Kier alpha value is -1.65. The van der Waals surface area contributed by atoms with Gasteiger partial charge in [-0.3, -0.25) is 4.68 Å². The summed E-state index contributed by atoms with van der Waals surface area (Å²) in [7, 11) is 0. The molecule has 0 bridgehead atoms. The number of rotatable bonds is 8. The van der Waals surface area contributed by atoms with E-state index in [1.54, 1.807) is 0 Å². The molecular weight excluding hydrogens is 286 g/mol. The normalized spacial score (nSPS) is 13.5. The van der Waals surface area contributed by atoms with Crippen LogP contribution in [-0.2, 0) is 13.1 Å². The number of hydrogen-bond donors (Lipinski definition) is 2. The van der Waals surface area contributed by atoms with Crippen LogP contribution in [0.4, 0.5) is 0 Å². The van der Waals surface area contributed by atoms with Crippen molar-refractivity contribution in [2.45, 2.75) is 46.9 Å². The Morgan fingerprint density at radius 1 is 1.17 bits per heavy atom. The zero-order valence-corrected chi connectivity index (χ0v) is 14.7. The van der Waals surface area contributed by atoms with Crippen molar-refractivity contribution in [3.8, 4) is 0 Å². The third-order valence-corrected chi connectivity index (χ3v) is 4.22. The van der Waals surface area contributed by atoms with Crippen LogP contribution in [0.5, 0.6) is 0 Å². The Morgan fingerprint density at radius 2 is 1.87 bits per heavy atom. The molecule has 0 radical (unpaired) electrons. The van der Waals surface area contributed by atoms with E-state index in [4.69, 9.17) is 0 Å². The fraction of sp³-hybridized carbons (Fsp3) is 0.526. The monoisotopic (exact) mass is 315 g/mol. The number of nitrogens with one attached hydrogen (secondary N) is 1. The summed E-state index contributed by atoms with van der Waals surface area (Å²) in [6, 6.07) is 10.3. The SMILES string of the molecule is CC(C)C(O)C(C)(C)CNCc1cnn(Cc2ccccc2)c1. The van der Waals surface area contributed by atoms with E-state index in [0.29, 0.717) is 0 Å². The minimum atomic E-state index is -0.309. The Kier molecular flexibility index (Phi) is 5.97. The van der Waals surface area contributed by atoms with Crippen LogP contribution in [0, 0.1) is 11.3 Å². The molecule has 0 aliphatic heterocycles. The lowest BCUT2D eigenvalue weighted by atomic mass is 9.81. The van der Waals surface area contributed by atoms with Gasteiger partial charge in [0.15, 0.2) is 0 Å². The second-order valence-electron chi connectivity index (χ2n) is 7.31. The molecule has 0 amide bonds. The molecule has 0 aliphatic rings. The molecule has 126 valence electrons. The smallest absolute Gasteiger partial charge is 0.0659 e. The summed E-state index contributed by atoms with van der Waals surface area (Å²) in [5.74, 6) is 0.264. The van der Waals surface area contributed by atoms with E-state index in [-0.39, 0.29) is 17.4 Å². The van der Waals surface area contributed by atoms with Crippen LogP contribution in [0.25, 0.3) is 0 Å². The highest BCUT2D eigenvalue weighted by atomic mass is 16.3. The molecule has 23 heavy (non-hydrogen) atoms. The van der Waals surface area contributed by atoms with Crippen molar-refractivity contribution in [3.05, 3.63) is 53.9 Å². The Balaban J connectivity index is 1.83. The fourth-order valence-electron chi connectivity index (χ4n) is 2.89. The van der Waals surface area contributed by atoms with Crippen LogP contribution in [0.1, 0.15) is 38.8 Å². The van der Waals surface area contributed by atoms with Crippen LogP contribution in [0.3, 0.4) is 0 Å². The third kappa shape index (κ3) is 5.19. The van der Waals surface area contributed by atoms with Crippen molar-refractivity contribution in [2.75, 3.05) is 6.54 Å². The molecule has 2 N–H and O–H groups in total. The summed E-state index contributed by atoms with van der Waals surface area (Å²) < 4.78 is 1.96. The topological polar surface area (TPSA) is 50.1 Å². The van der Waals surface area contributed by atoms with E-state index in [2.05, 4.69) is 56.4 Å². The molecule has 4 nitrogen and oxygen atoms in total. The van der Waals surface area contributed by atoms with Gasteiger partial charge in [0, 0.05) is 30.3 Å². The lowest BCUT2D eigenvalue weighted by Crippen LogP contribution is -2.41. The van der Waals surface area contributed by atoms with Crippen LogP contribution in [0.2, 0.25) is 0 Å². The molecule has 1 aromatic carbocycles. The van der Waals surface area contributed by atoms with Gasteiger partial charge in [-0.05, 0) is 11.5 Å². The molecule has 4 heteroatoms. The van der Waals surface area contributed by atoms with Crippen LogP contribution >= 0.6 is 0 Å². The molecule has 0 saturated heterocycles. The predicted molar refractivity (Wildman–Crippen MR) is 94.1 cm³/mol. The molecule has 1 heterocycles. The van der Waals surface area contributed by atoms with Gasteiger partial charge in [-0.15, -0.1) is 0 Å². The molecule has 0 aliphatic carbocycles. The maximum absolute atomic E-state index is 10.3. The standard InChI is InChI=1S/C19H29N3O/c1-15(2)18(23)19(3,4)14-20-10-17-11-21-22(13-17)12-16-8-6-5-7-9-16/h5-9,11,13,15,18,20,23H,10,12,14H2,1-4H3. The number of benzene rings is 1. The highest BCUT2D eigenvalue weighted by molar-refractivity contribution is 5.15. The minimum Gasteiger partial charge on any atom is -0.392 e. The molecule has 0 spiro atoms. The van der Waals surface area contributed by atoms with E-state index < -0.39 is 0 Å². The van der Waals surface area contributed by atoms with Gasteiger partial charge in [0.2, 0.25) is 0 Å². The summed E-state index contributed by atoms with van der Waals surface area (Å²) >= 11 is 0. The van der Waals surface area contributed by atoms with Crippen LogP contribution < -0.4 is 5.32 Å². The second-order valence-corrected chi connectivity index (χ2v) is 7.31. The number of aliphatic hydroxyl groups is 1. The first-order valence-electron chi connectivity index (χ1n) is 8.32. The van der Waals surface area contributed by atoms with Crippen molar-refractivity contribution in [1.29, 1.82) is 0 Å². The third-order valence-electron chi connectivity index (χ3n) is 4.22. The van der Waals surface area contributed by atoms with Crippen molar-refractivity contribution in [3.63, 3.8) is 0 Å². The average molecular weight is 315 g/mol. The molecule has 1 aromatic heterocycles. The van der Waals surface area contributed by atoms with E-state index in [1.165, 1.54) is 5.56 Å². The number of aromatic nitrogens is 2. The van der Waals surface area contributed by atoms with E-state index in [1.807, 2.05) is 29.1 Å². The molecule has 0 fully saturated rings. The van der Waals surface area contributed by atoms with Crippen molar-refractivity contribution in [2.24, 2.45) is 11.3 Å². The predicted octanol–water partition coefficient (Wildman–Crippen LogP) is 3.06. The molecule has 1 atom stereocenters. The Bertz CT molecular complexity index is 590. The summed E-state index contributed by atoms with van der Waals surface area (Å²) in [5, 5.41) is 18.1. The highest BCUT2D eigenvalue weighted by Crippen LogP contribution is 2.25. The second kappa shape index (κ2) is 7.75. The number of hydrogen-bond acceptors (Lipinski definition) is 3. The Morgan fingerprint density at radius 3 is 2.52 bits per heavy atom. The molecule has 2 aromatic rings. The summed E-state index contributed by atoms with van der Waals surface area (Å²) in [6.45, 7) is 10.6. The lowest BCUT2D eigenvalue weighted by Gasteiger charge is -2.33. The minimum absolute atomic E-state index is 0.145. The van der Waals surface area contributed by atoms with Gasteiger partial charge >= 0.3 is 0 Å². The molecule has 1 unspecified atom stereocenters. The van der Waals surface area contributed by atoms with Gasteiger partial charge < -0.3 is 10.4 Å². The van der Waals surface area contributed by atoms with Gasteiger partial charge in [-0.2, -0.15) is 5.10 Å². The van der Waals surface area contributed by atoms with Crippen molar-refractivity contribution in [1.82, 2.24) is 15.1 Å². The van der Waals surface area contributed by atoms with Crippen molar-refractivity contribution < 1.29 is 5.11 Å². The molecule has 2 rings (SSSR count). The Labute approximate surface area is 139 Å². The van der Waals surface area contributed by atoms with E-state index in [0.717, 1.165) is 25.2 Å². The largest absolute Gasteiger partial charge is 0.392 e. The van der Waals surface area contributed by atoms with E-state index in [9.17, 15) is 5.11 Å². The lowest BCUT2D eigenvalue weighted by molar-refractivity contribution is 0.0134. The van der Waals surface area contributed by atoms with Gasteiger partial charge in [-0.1, -0.05) is 58.0 Å². The van der Waals surface area contributed by atoms with Crippen LogP contribution in [-0.4, -0.2) is 27.5 Å². The van der Waals surface area contributed by atoms with Crippen molar-refractivity contribution >= 4 is 0 Å². The first-order chi connectivity index (χ1) is 10.9. The quantitative estimate of drug-likeness (QED) is 0.787. The summed E-state index contributed by atoms with van der Waals surface area (Å²) in [6.07, 6.45) is 3.67. The van der Waals surface area contributed by atoms with Crippen LogP contribution in [0.15, 0.2) is 42.7 Å². The van der Waals surface area contributed by atoms with Gasteiger partial charge in [0.1, 0.15) is 0 Å². The van der Waals surface area contributed by atoms with Gasteiger partial charge in [0.25, 0.3) is 0 Å². The summed E-state index contributed by atoms with van der Waals surface area (Å²) in [4.78, 5) is 0. The highest BCUT2D eigenvalue weighted by Gasteiger charge is 2.29. The molecule has 0 saturated carbocycles. The molecular formula is C19H29N3O. The maximum atomic E-state index is 10.3. The zero-order valence-electron chi connectivity index (χ0n) is 14.7. The summed E-state index contributed by atoms with van der Waals surface area (Å²) in [5.41, 5.74) is 2.26. The first-order valence-corrected chi connectivity index (χ1v) is 8.32. The van der Waals surface area contributed by atoms with Gasteiger partial charge in [0.05, 0.1) is 18.8 Å². The maximum Gasteiger partial charge on any atom is 0.0659 e.